The predicted molar refractivity (Wildman–Crippen MR) is 105 cm³/mol. The third-order valence-corrected chi connectivity index (χ3v) is 8.79. The fraction of sp³-hybridized carbons (Fsp3) is 1.00. The molecule has 0 aliphatic carbocycles. The maximum absolute atomic E-state index is 5.89. The van der Waals surface area contributed by atoms with Gasteiger partial charge in [0, 0.05) is 14.2 Å². The van der Waals surface area contributed by atoms with E-state index in [1.807, 2.05) is 14.2 Å². The first-order chi connectivity index (χ1) is 11.2. The minimum Gasteiger partial charge on any atom is -0.398 e. The lowest BCUT2D eigenvalue weighted by atomic mass is 10.1. The molecule has 0 aromatic carbocycles. The zero-order valence-corrected chi connectivity index (χ0v) is 17.6. The lowest BCUT2D eigenvalue weighted by Crippen LogP contribution is -2.39. The van der Waals surface area contributed by atoms with Crippen molar-refractivity contribution in [3.8, 4) is 0 Å². The topological polar surface area (TPSA) is 18.5 Å². The van der Waals surface area contributed by atoms with Crippen LogP contribution in [0, 0.1) is 0 Å². The molecule has 0 radical (unpaired) electrons. The smallest absolute Gasteiger partial charge is 0.337 e. The highest BCUT2D eigenvalue weighted by molar-refractivity contribution is 6.67. The van der Waals surface area contributed by atoms with Gasteiger partial charge in [-0.3, -0.25) is 0 Å². The molecular formula is C20H44O2Si. The van der Waals surface area contributed by atoms with Gasteiger partial charge in [0.25, 0.3) is 0 Å². The van der Waals surface area contributed by atoms with E-state index < -0.39 is 8.56 Å². The molecule has 0 aliphatic heterocycles. The van der Waals surface area contributed by atoms with E-state index in [0.717, 1.165) is 0 Å². The van der Waals surface area contributed by atoms with Gasteiger partial charge in [-0.15, -0.1) is 0 Å². The molecule has 0 saturated heterocycles. The number of rotatable bonds is 18. The van der Waals surface area contributed by atoms with Gasteiger partial charge in [-0.05, 0) is 12.1 Å². The Morgan fingerprint density at radius 2 is 0.783 bits per heavy atom. The Bertz CT molecular complexity index is 230. The van der Waals surface area contributed by atoms with Gasteiger partial charge < -0.3 is 8.85 Å². The summed E-state index contributed by atoms with van der Waals surface area (Å²) in [4.78, 5) is 0. The van der Waals surface area contributed by atoms with Gasteiger partial charge in [0.2, 0.25) is 0 Å². The summed E-state index contributed by atoms with van der Waals surface area (Å²) >= 11 is 0. The van der Waals surface area contributed by atoms with Crippen LogP contribution in [0.4, 0.5) is 0 Å². The molecule has 0 saturated carbocycles. The summed E-state index contributed by atoms with van der Waals surface area (Å²) < 4.78 is 11.8. The van der Waals surface area contributed by atoms with Crippen LogP contribution in [0.25, 0.3) is 0 Å². The van der Waals surface area contributed by atoms with Crippen LogP contribution in [-0.2, 0) is 8.85 Å². The van der Waals surface area contributed by atoms with Crippen molar-refractivity contribution in [1.29, 1.82) is 0 Å². The fourth-order valence-corrected chi connectivity index (χ4v) is 6.13. The molecule has 3 heteroatoms. The molecule has 0 spiro atoms. The molecule has 0 atom stereocenters. The van der Waals surface area contributed by atoms with Crippen molar-refractivity contribution in [3.63, 3.8) is 0 Å². The number of hydrogen-bond acceptors (Lipinski definition) is 2. The molecule has 0 bridgehead atoms. The average molecular weight is 345 g/mol. The maximum atomic E-state index is 5.89. The van der Waals surface area contributed by atoms with Gasteiger partial charge in [-0.2, -0.15) is 0 Å². The number of hydrogen-bond donors (Lipinski definition) is 0. The third kappa shape index (κ3) is 13.1. The van der Waals surface area contributed by atoms with E-state index in [9.17, 15) is 0 Å². The Morgan fingerprint density at radius 3 is 1.09 bits per heavy atom. The van der Waals surface area contributed by atoms with Crippen LogP contribution in [0.1, 0.15) is 104 Å². The second kappa shape index (κ2) is 17.0. The summed E-state index contributed by atoms with van der Waals surface area (Å²) in [5.41, 5.74) is 0. The summed E-state index contributed by atoms with van der Waals surface area (Å²) in [5, 5.41) is 0. The van der Waals surface area contributed by atoms with Gasteiger partial charge in [-0.25, -0.2) is 0 Å². The lowest BCUT2D eigenvalue weighted by Gasteiger charge is -2.27. The van der Waals surface area contributed by atoms with Gasteiger partial charge in [0.1, 0.15) is 0 Å². The first kappa shape index (κ1) is 23.1. The van der Waals surface area contributed by atoms with Gasteiger partial charge in [0.15, 0.2) is 0 Å². The normalized spacial score (nSPS) is 12.0. The predicted octanol–water partition coefficient (Wildman–Crippen LogP) is 7.22. The van der Waals surface area contributed by atoms with E-state index >= 15 is 0 Å². The first-order valence-corrected chi connectivity index (χ1v) is 12.6. The highest BCUT2D eigenvalue weighted by Crippen LogP contribution is 2.25. The summed E-state index contributed by atoms with van der Waals surface area (Å²) in [7, 11) is 1.85. The highest BCUT2D eigenvalue weighted by atomic mass is 28.4. The molecule has 23 heavy (non-hydrogen) atoms. The van der Waals surface area contributed by atoms with Crippen LogP contribution in [0.15, 0.2) is 0 Å². The first-order valence-electron chi connectivity index (χ1n) is 10.3. The largest absolute Gasteiger partial charge is 0.398 e. The summed E-state index contributed by atoms with van der Waals surface area (Å²) in [6.07, 6.45) is 19.1. The van der Waals surface area contributed by atoms with E-state index in [2.05, 4.69) is 13.8 Å². The Morgan fingerprint density at radius 1 is 0.478 bits per heavy atom. The molecular weight excluding hydrogens is 300 g/mol. The molecule has 0 aromatic rings. The fourth-order valence-electron chi connectivity index (χ4n) is 3.32. The van der Waals surface area contributed by atoms with Gasteiger partial charge >= 0.3 is 8.56 Å². The van der Waals surface area contributed by atoms with Crippen molar-refractivity contribution in [2.75, 3.05) is 14.2 Å². The van der Waals surface area contributed by atoms with Crippen LogP contribution in [0.3, 0.4) is 0 Å². The van der Waals surface area contributed by atoms with Crippen molar-refractivity contribution in [1.82, 2.24) is 0 Å². The van der Waals surface area contributed by atoms with Crippen LogP contribution in [-0.4, -0.2) is 22.8 Å². The van der Waals surface area contributed by atoms with Crippen LogP contribution < -0.4 is 0 Å². The van der Waals surface area contributed by atoms with Gasteiger partial charge in [0.05, 0.1) is 0 Å². The summed E-state index contributed by atoms with van der Waals surface area (Å²) in [5.74, 6) is 0. The minimum absolute atomic E-state index is 1.18. The lowest BCUT2D eigenvalue weighted by molar-refractivity contribution is 0.238. The zero-order valence-electron chi connectivity index (χ0n) is 16.6. The van der Waals surface area contributed by atoms with E-state index in [4.69, 9.17) is 8.85 Å². The van der Waals surface area contributed by atoms with Crippen molar-refractivity contribution in [2.24, 2.45) is 0 Å². The van der Waals surface area contributed by atoms with E-state index in [-0.39, 0.29) is 0 Å². The molecule has 0 amide bonds. The highest BCUT2D eigenvalue weighted by Gasteiger charge is 2.33. The molecule has 2 nitrogen and oxygen atoms in total. The third-order valence-electron chi connectivity index (χ3n) is 5.07. The van der Waals surface area contributed by atoms with Crippen LogP contribution >= 0.6 is 0 Å². The van der Waals surface area contributed by atoms with Crippen LogP contribution in [0.5, 0.6) is 0 Å². The van der Waals surface area contributed by atoms with E-state index in [1.165, 1.54) is 102 Å². The van der Waals surface area contributed by atoms with Crippen molar-refractivity contribution < 1.29 is 8.85 Å². The van der Waals surface area contributed by atoms with Crippen molar-refractivity contribution in [3.05, 3.63) is 0 Å². The zero-order chi connectivity index (χ0) is 17.2. The number of unbranched alkanes of at least 4 members (excludes halogenated alkanes) is 12. The molecule has 0 rings (SSSR count). The van der Waals surface area contributed by atoms with Crippen molar-refractivity contribution >= 4 is 8.56 Å². The standard InChI is InChI=1S/C20H44O2Si/c1-5-7-9-11-13-14-16-18-20-23(21-3,22-4)19-17-15-12-10-8-6-2/h5-20H2,1-4H3. The molecule has 0 fully saturated rings. The molecule has 0 N–H and O–H groups in total. The van der Waals surface area contributed by atoms with Gasteiger partial charge in [-0.1, -0.05) is 104 Å². The molecule has 0 heterocycles. The van der Waals surface area contributed by atoms with E-state index in [1.54, 1.807) is 0 Å². The monoisotopic (exact) mass is 344 g/mol. The Balaban J connectivity index is 3.73. The minimum atomic E-state index is -1.89. The Kier molecular flexibility index (Phi) is 17.1. The molecule has 140 valence electrons. The average Bonchev–Trinajstić information content (AvgIpc) is 2.58. The quantitative estimate of drug-likeness (QED) is 0.193. The van der Waals surface area contributed by atoms with E-state index in [0.29, 0.717) is 0 Å². The Labute approximate surface area is 148 Å². The summed E-state index contributed by atoms with van der Waals surface area (Å²) in [6.45, 7) is 4.56. The SMILES string of the molecule is CCCCCCCCCC[Si](CCCCCCCC)(OC)OC. The van der Waals surface area contributed by atoms with Crippen LogP contribution in [0.2, 0.25) is 12.1 Å². The molecule has 0 unspecified atom stereocenters. The summed E-state index contributed by atoms with van der Waals surface area (Å²) in [6, 6.07) is 2.37. The Hall–Kier alpha value is 0.137. The maximum Gasteiger partial charge on any atom is 0.337 e. The van der Waals surface area contributed by atoms with Crippen molar-refractivity contribution in [2.45, 2.75) is 116 Å². The molecule has 0 aromatic heterocycles. The molecule has 0 aliphatic rings. The second-order valence-corrected chi connectivity index (χ2v) is 10.7. The second-order valence-electron chi connectivity index (χ2n) is 7.06.